The third-order valence-electron chi connectivity index (χ3n) is 4.13. The van der Waals surface area contributed by atoms with Crippen LogP contribution in [0.5, 0.6) is 0 Å². The van der Waals surface area contributed by atoms with Gasteiger partial charge in [-0.15, -0.1) is 23.5 Å². The summed E-state index contributed by atoms with van der Waals surface area (Å²) in [6.45, 7) is 1.05. The number of aromatic nitrogens is 1. The number of carbonyl (C=O) groups is 4. The van der Waals surface area contributed by atoms with Crippen LogP contribution in [0.15, 0.2) is 15.8 Å². The van der Waals surface area contributed by atoms with Crippen molar-refractivity contribution in [3.8, 4) is 0 Å². The van der Waals surface area contributed by atoms with Crippen molar-refractivity contribution >= 4 is 81.1 Å². The fourth-order valence-corrected chi connectivity index (χ4v) is 6.22. The molecule has 0 spiro atoms. The van der Waals surface area contributed by atoms with Gasteiger partial charge in [-0.2, -0.15) is 0 Å². The van der Waals surface area contributed by atoms with Crippen molar-refractivity contribution in [1.82, 2.24) is 15.2 Å². The molecule has 2 amide bonds. The average molecular weight is 522 g/mol. The summed E-state index contributed by atoms with van der Waals surface area (Å²) in [5.74, 6) is -3.04. The van der Waals surface area contributed by atoms with Crippen LogP contribution in [0.4, 0.5) is 5.13 Å². The van der Waals surface area contributed by atoms with Gasteiger partial charge in [0.05, 0.1) is 0 Å². The Bertz CT molecular complexity index is 1040. The topological polar surface area (TPSA) is 185 Å². The van der Waals surface area contributed by atoms with Crippen molar-refractivity contribution in [3.05, 3.63) is 20.6 Å². The molecule has 32 heavy (non-hydrogen) atoms. The molecule has 0 aliphatic carbocycles. The first-order valence-corrected chi connectivity index (χ1v) is 12.1. The summed E-state index contributed by atoms with van der Waals surface area (Å²) in [5, 5.41) is 23.7. The largest absolute Gasteiger partial charge is 0.479 e. The molecule has 1 unspecified atom stereocenters. The molecule has 0 aromatic carbocycles. The fourth-order valence-electron chi connectivity index (χ4n) is 2.89. The lowest BCUT2D eigenvalue weighted by Crippen LogP contribution is -2.71. The first-order chi connectivity index (χ1) is 15.1. The van der Waals surface area contributed by atoms with Crippen molar-refractivity contribution < 1.29 is 34.2 Å². The maximum Gasteiger partial charge on any atom is 0.353 e. The van der Waals surface area contributed by atoms with Crippen molar-refractivity contribution in [2.75, 3.05) is 23.8 Å². The van der Waals surface area contributed by atoms with E-state index < -0.39 is 47.5 Å². The number of β-lactam (4-membered cyclic amide) rings is 1. The minimum atomic E-state index is -1.32. The van der Waals surface area contributed by atoms with Crippen LogP contribution in [0.2, 0.25) is 4.34 Å². The number of amides is 2. The monoisotopic (exact) mass is 521 g/mol. The highest BCUT2D eigenvalue weighted by molar-refractivity contribution is 8.06. The first kappa shape index (κ1) is 24.2. The van der Waals surface area contributed by atoms with E-state index in [1.165, 1.54) is 23.5 Å². The van der Waals surface area contributed by atoms with Crippen molar-refractivity contribution in [2.24, 2.45) is 5.16 Å². The Morgan fingerprint density at radius 3 is 2.72 bits per heavy atom. The number of thioether (sulfide) groups is 2. The standard InChI is InChI=1S/C16H16ClN5O7S3/c1-2-30-5-4-31-14-9(13(26)22(14)10(5)15(27)28)19-12(25)8(21-29-3-6(23)24)7-11(17)32-16(18)20-7/h9,14H,2-4H2,1H3,(H2,18,20)(H,19,25)(H,23,24)(H,27,28)/b21-8+/t9?,14-/m1/s1. The van der Waals surface area contributed by atoms with E-state index in [9.17, 15) is 24.3 Å². The molecule has 2 aliphatic rings. The van der Waals surface area contributed by atoms with E-state index in [-0.39, 0.29) is 20.9 Å². The zero-order valence-corrected chi connectivity index (χ0v) is 19.4. The molecule has 2 atom stereocenters. The van der Waals surface area contributed by atoms with Gasteiger partial charge >= 0.3 is 11.9 Å². The number of carboxylic acid groups (broad SMARTS) is 2. The highest BCUT2D eigenvalue weighted by Crippen LogP contribution is 2.43. The Kier molecular flexibility index (Phi) is 7.53. The van der Waals surface area contributed by atoms with Crippen LogP contribution in [-0.4, -0.2) is 79.1 Å². The number of nitrogens with two attached hydrogens (primary N) is 1. The Hall–Kier alpha value is -2.49. The second-order valence-corrected chi connectivity index (χ2v) is 10.2. The number of carboxylic acids is 2. The van der Waals surface area contributed by atoms with Crippen LogP contribution in [0.3, 0.4) is 0 Å². The number of hydrogen-bond donors (Lipinski definition) is 4. The Morgan fingerprint density at radius 2 is 2.16 bits per heavy atom. The molecule has 3 heterocycles. The maximum atomic E-state index is 12.9. The molecule has 1 aromatic rings. The van der Waals surface area contributed by atoms with Gasteiger partial charge in [-0.3, -0.25) is 14.5 Å². The lowest BCUT2D eigenvalue weighted by Gasteiger charge is -2.49. The Morgan fingerprint density at radius 1 is 1.44 bits per heavy atom. The van der Waals surface area contributed by atoms with Crippen LogP contribution in [0.1, 0.15) is 12.6 Å². The van der Waals surface area contributed by atoms with Gasteiger partial charge in [0.1, 0.15) is 27.1 Å². The molecule has 1 aromatic heterocycles. The summed E-state index contributed by atoms with van der Waals surface area (Å²) < 4.78 is 0.0151. The van der Waals surface area contributed by atoms with Crippen LogP contribution < -0.4 is 11.1 Å². The van der Waals surface area contributed by atoms with Gasteiger partial charge in [0.2, 0.25) is 6.61 Å². The molecule has 0 saturated carbocycles. The summed E-state index contributed by atoms with van der Waals surface area (Å²) >= 11 is 9.56. The van der Waals surface area contributed by atoms with Crippen LogP contribution in [0.25, 0.3) is 0 Å². The molecule has 3 rings (SSSR count). The second-order valence-electron chi connectivity index (χ2n) is 6.15. The predicted molar refractivity (Wildman–Crippen MR) is 119 cm³/mol. The quantitative estimate of drug-likeness (QED) is 0.203. The van der Waals surface area contributed by atoms with E-state index in [0.717, 1.165) is 16.2 Å². The van der Waals surface area contributed by atoms with Gasteiger partial charge in [-0.05, 0) is 5.75 Å². The summed E-state index contributed by atoms with van der Waals surface area (Å²) in [6, 6.07) is -1.03. The molecular weight excluding hydrogens is 506 g/mol. The Labute approximate surface area is 198 Å². The molecule has 0 radical (unpaired) electrons. The zero-order valence-electron chi connectivity index (χ0n) is 16.2. The predicted octanol–water partition coefficient (Wildman–Crippen LogP) is 0.633. The molecule has 1 saturated heterocycles. The summed E-state index contributed by atoms with van der Waals surface area (Å²) in [7, 11) is 0. The van der Waals surface area contributed by atoms with Crippen molar-refractivity contribution in [3.63, 3.8) is 0 Å². The highest BCUT2D eigenvalue weighted by Gasteiger charge is 2.54. The van der Waals surface area contributed by atoms with Gasteiger partial charge < -0.3 is 26.1 Å². The summed E-state index contributed by atoms with van der Waals surface area (Å²) in [4.78, 5) is 58.3. The molecule has 5 N–H and O–H groups in total. The van der Waals surface area contributed by atoms with E-state index in [4.69, 9.17) is 22.4 Å². The number of oxime groups is 1. The number of fused-ring (bicyclic) bond motifs is 1. The van der Waals surface area contributed by atoms with Gasteiger partial charge in [-0.1, -0.05) is 35.0 Å². The number of rotatable bonds is 9. The molecule has 172 valence electrons. The average Bonchev–Trinajstić information content (AvgIpc) is 3.06. The molecule has 0 bridgehead atoms. The van der Waals surface area contributed by atoms with Gasteiger partial charge in [0.25, 0.3) is 11.8 Å². The highest BCUT2D eigenvalue weighted by atomic mass is 35.5. The van der Waals surface area contributed by atoms with E-state index in [0.29, 0.717) is 16.4 Å². The van der Waals surface area contributed by atoms with E-state index >= 15 is 0 Å². The van der Waals surface area contributed by atoms with E-state index in [1.807, 2.05) is 6.92 Å². The minimum absolute atomic E-state index is 0.0151. The van der Waals surface area contributed by atoms with Crippen LogP contribution in [-0.2, 0) is 24.0 Å². The zero-order chi connectivity index (χ0) is 23.6. The summed E-state index contributed by atoms with van der Waals surface area (Å²) in [6.07, 6.45) is 0. The third kappa shape index (κ3) is 4.79. The van der Waals surface area contributed by atoms with E-state index in [1.54, 1.807) is 0 Å². The maximum absolute atomic E-state index is 12.9. The smallest absolute Gasteiger partial charge is 0.353 e. The number of nitrogens with zero attached hydrogens (tertiary/aromatic N) is 3. The van der Waals surface area contributed by atoms with Crippen molar-refractivity contribution in [1.29, 1.82) is 0 Å². The second kappa shape index (κ2) is 9.97. The number of hydrogen-bond acceptors (Lipinski definition) is 11. The van der Waals surface area contributed by atoms with Crippen molar-refractivity contribution in [2.45, 2.75) is 18.3 Å². The summed E-state index contributed by atoms with van der Waals surface area (Å²) in [5.41, 5.74) is 4.91. The number of nitrogens with one attached hydrogen (secondary N) is 1. The van der Waals surface area contributed by atoms with E-state index in [2.05, 4.69) is 20.3 Å². The first-order valence-electron chi connectivity index (χ1n) is 8.84. The number of aliphatic carboxylic acids is 2. The number of carbonyl (C=O) groups excluding carboxylic acids is 2. The number of anilines is 1. The van der Waals surface area contributed by atoms with Gasteiger partial charge in [0, 0.05) is 10.7 Å². The number of thiazole rings is 1. The number of nitrogen functional groups attached to an aromatic ring is 1. The van der Waals surface area contributed by atoms with Gasteiger partial charge in [0.15, 0.2) is 10.8 Å². The normalized spacial score (nSPS) is 20.5. The molecule has 12 nitrogen and oxygen atoms in total. The van der Waals surface area contributed by atoms with Crippen LogP contribution in [0, 0.1) is 0 Å². The molecule has 1 fully saturated rings. The lowest BCUT2D eigenvalue weighted by atomic mass is 10.0. The molecule has 16 heteroatoms. The minimum Gasteiger partial charge on any atom is -0.479 e. The van der Waals surface area contributed by atoms with Gasteiger partial charge in [-0.25, -0.2) is 14.6 Å². The molecular formula is C16H16ClN5O7S3. The Balaban J connectivity index is 1.82. The third-order valence-corrected chi connectivity index (χ3v) is 7.65. The SMILES string of the molecule is CCSC1=C(C(=O)O)N2C(=O)C(NC(=O)/C(=N/OCC(=O)O)c3nc(N)sc3Cl)[C@H]2SC1. The fraction of sp³-hybridized carbons (Fsp3) is 0.375. The van der Waals surface area contributed by atoms with Crippen LogP contribution >= 0.6 is 46.5 Å². The molecule has 2 aliphatic heterocycles. The lowest BCUT2D eigenvalue weighted by molar-refractivity contribution is -0.150. The number of halogens is 1.